The number of aliphatic imine (C=N–C) groups is 1. The first-order chi connectivity index (χ1) is 8.59. The van der Waals surface area contributed by atoms with Crippen LogP contribution >= 0.6 is 0 Å². The Bertz CT molecular complexity index is 461. The molecular weight excluding hydrogens is 230 g/mol. The van der Waals surface area contributed by atoms with Crippen molar-refractivity contribution in [1.29, 1.82) is 0 Å². The lowest BCUT2D eigenvalue weighted by Gasteiger charge is -2.26. The lowest BCUT2D eigenvalue weighted by atomic mass is 9.79. The maximum atomic E-state index is 4.13. The van der Waals surface area contributed by atoms with Crippen LogP contribution in [0.2, 0.25) is 0 Å². The zero-order chi connectivity index (χ0) is 14.8. The molecule has 1 nitrogen and oxygen atoms in total. The minimum Gasteiger partial charge on any atom is -0.264 e. The summed E-state index contributed by atoms with van der Waals surface area (Å²) in [5.74, 6) is 0. The van der Waals surface area contributed by atoms with E-state index in [0.717, 1.165) is 11.3 Å². The van der Waals surface area contributed by atoms with E-state index in [1.165, 1.54) is 11.1 Å². The van der Waals surface area contributed by atoms with E-state index in [-0.39, 0.29) is 10.8 Å². The number of allylic oxidation sites excluding steroid dienone is 1. The van der Waals surface area contributed by atoms with Crippen molar-refractivity contribution in [3.63, 3.8) is 0 Å². The Morgan fingerprint density at radius 2 is 1.37 bits per heavy atom. The van der Waals surface area contributed by atoms with Crippen LogP contribution in [-0.4, -0.2) is 6.72 Å². The number of rotatable bonds is 2. The van der Waals surface area contributed by atoms with Crippen LogP contribution in [0, 0.1) is 0 Å². The van der Waals surface area contributed by atoms with Gasteiger partial charge in [-0.3, -0.25) is 4.99 Å². The van der Waals surface area contributed by atoms with Crippen molar-refractivity contribution in [3.05, 3.63) is 41.0 Å². The molecule has 0 spiro atoms. The summed E-state index contributed by atoms with van der Waals surface area (Å²) in [5.41, 5.74) is 5.08. The first kappa shape index (κ1) is 15.7. The third-order valence-electron chi connectivity index (χ3n) is 3.40. The fraction of sp³-hybridized carbons (Fsp3) is 0.500. The summed E-state index contributed by atoms with van der Waals surface area (Å²) in [7, 11) is 0. The van der Waals surface area contributed by atoms with E-state index in [9.17, 15) is 0 Å². The van der Waals surface area contributed by atoms with Gasteiger partial charge in [-0.1, -0.05) is 53.7 Å². The van der Waals surface area contributed by atoms with Gasteiger partial charge in [0.1, 0.15) is 0 Å². The first-order valence-corrected chi connectivity index (χ1v) is 6.89. The Morgan fingerprint density at radius 1 is 0.947 bits per heavy atom. The largest absolute Gasteiger partial charge is 0.264 e. The Morgan fingerprint density at radius 3 is 1.63 bits per heavy atom. The lowest BCUT2D eigenvalue weighted by molar-refractivity contribution is 0.568. The zero-order valence-corrected chi connectivity index (χ0v) is 13.5. The Kier molecular flexibility index (Phi) is 4.39. The number of hydrogen-bond acceptors (Lipinski definition) is 1. The highest BCUT2D eigenvalue weighted by Gasteiger charge is 2.20. The lowest BCUT2D eigenvalue weighted by Crippen LogP contribution is -2.16. The van der Waals surface area contributed by atoms with Crippen LogP contribution in [0.3, 0.4) is 0 Å². The van der Waals surface area contributed by atoms with Crippen LogP contribution in [-0.2, 0) is 10.8 Å². The molecular formula is C18H27N. The van der Waals surface area contributed by atoms with Crippen LogP contribution in [0.5, 0.6) is 0 Å². The molecule has 0 amide bonds. The molecule has 0 saturated carbocycles. The van der Waals surface area contributed by atoms with Gasteiger partial charge in [0, 0.05) is 5.56 Å². The third kappa shape index (κ3) is 3.79. The van der Waals surface area contributed by atoms with E-state index in [1.807, 2.05) is 13.0 Å². The summed E-state index contributed by atoms with van der Waals surface area (Å²) >= 11 is 0. The molecule has 1 heteroatoms. The minimum absolute atomic E-state index is 0.135. The van der Waals surface area contributed by atoms with E-state index in [1.54, 1.807) is 0 Å². The van der Waals surface area contributed by atoms with E-state index in [4.69, 9.17) is 0 Å². The van der Waals surface area contributed by atoms with Crippen LogP contribution in [0.1, 0.15) is 65.2 Å². The minimum atomic E-state index is 0.135. The molecule has 0 fully saturated rings. The highest BCUT2D eigenvalue weighted by Crippen LogP contribution is 2.32. The SMILES string of the molecule is C=N/C(=C\C)c1cc(C(C)(C)C)cc(C(C)(C)C)c1. The van der Waals surface area contributed by atoms with Gasteiger partial charge in [0.25, 0.3) is 0 Å². The second kappa shape index (κ2) is 5.32. The Labute approximate surface area is 118 Å². The Balaban J connectivity index is 3.54. The number of benzene rings is 1. The van der Waals surface area contributed by atoms with E-state index in [0.29, 0.717) is 0 Å². The molecule has 0 heterocycles. The topological polar surface area (TPSA) is 12.4 Å². The molecule has 1 aromatic carbocycles. The molecule has 0 N–H and O–H groups in total. The van der Waals surface area contributed by atoms with Gasteiger partial charge in [0.15, 0.2) is 0 Å². The summed E-state index contributed by atoms with van der Waals surface area (Å²) in [6.45, 7) is 19.1. The van der Waals surface area contributed by atoms with Gasteiger partial charge in [-0.15, -0.1) is 0 Å². The Hall–Kier alpha value is -1.37. The molecule has 0 aromatic heterocycles. The second-order valence-electron chi connectivity index (χ2n) is 7.13. The highest BCUT2D eigenvalue weighted by molar-refractivity contribution is 5.69. The molecule has 0 saturated heterocycles. The predicted octanol–water partition coefficient (Wildman–Crippen LogP) is 5.34. The van der Waals surface area contributed by atoms with Crippen molar-refractivity contribution in [2.24, 2.45) is 4.99 Å². The van der Waals surface area contributed by atoms with Gasteiger partial charge in [-0.2, -0.15) is 0 Å². The monoisotopic (exact) mass is 257 g/mol. The molecule has 0 aliphatic carbocycles. The van der Waals surface area contributed by atoms with Gasteiger partial charge < -0.3 is 0 Å². The third-order valence-corrected chi connectivity index (χ3v) is 3.40. The summed E-state index contributed by atoms with van der Waals surface area (Å²) in [6.07, 6.45) is 2.02. The van der Waals surface area contributed by atoms with Gasteiger partial charge in [0.05, 0.1) is 5.70 Å². The van der Waals surface area contributed by atoms with E-state index in [2.05, 4.69) is 71.5 Å². The molecule has 0 aliphatic heterocycles. The van der Waals surface area contributed by atoms with Crippen molar-refractivity contribution in [2.45, 2.75) is 59.3 Å². The average molecular weight is 257 g/mol. The first-order valence-electron chi connectivity index (χ1n) is 6.89. The van der Waals surface area contributed by atoms with Crippen molar-refractivity contribution >= 4 is 12.4 Å². The maximum Gasteiger partial charge on any atom is 0.0652 e. The van der Waals surface area contributed by atoms with Gasteiger partial charge >= 0.3 is 0 Å². The zero-order valence-electron chi connectivity index (χ0n) is 13.5. The number of hydrogen-bond donors (Lipinski definition) is 0. The standard InChI is InChI=1S/C18H27N/c1-9-16(19-8)13-10-14(17(2,3)4)12-15(11-13)18(5,6)7/h9-12H,8H2,1-7H3/b16-9-. The molecule has 0 aliphatic rings. The molecule has 0 unspecified atom stereocenters. The van der Waals surface area contributed by atoms with Crippen LogP contribution in [0.25, 0.3) is 5.70 Å². The van der Waals surface area contributed by atoms with Crippen LogP contribution < -0.4 is 0 Å². The highest BCUT2D eigenvalue weighted by atomic mass is 14.7. The van der Waals surface area contributed by atoms with Gasteiger partial charge in [-0.25, -0.2) is 0 Å². The van der Waals surface area contributed by atoms with Crippen LogP contribution in [0.15, 0.2) is 29.3 Å². The fourth-order valence-electron chi connectivity index (χ4n) is 1.99. The van der Waals surface area contributed by atoms with Gasteiger partial charge in [0.2, 0.25) is 0 Å². The summed E-state index contributed by atoms with van der Waals surface area (Å²) in [6, 6.07) is 6.79. The molecule has 0 radical (unpaired) electrons. The smallest absolute Gasteiger partial charge is 0.0652 e. The normalized spacial score (nSPS) is 13.5. The summed E-state index contributed by atoms with van der Waals surface area (Å²) < 4.78 is 0. The fourth-order valence-corrected chi connectivity index (χ4v) is 1.99. The van der Waals surface area contributed by atoms with Crippen molar-refractivity contribution in [3.8, 4) is 0 Å². The van der Waals surface area contributed by atoms with Crippen molar-refractivity contribution in [1.82, 2.24) is 0 Å². The molecule has 1 aromatic rings. The molecule has 1 rings (SSSR count). The summed E-state index contributed by atoms with van der Waals surface area (Å²) in [5, 5.41) is 0. The quantitative estimate of drug-likeness (QED) is 0.634. The molecule has 19 heavy (non-hydrogen) atoms. The average Bonchev–Trinajstić information content (AvgIpc) is 2.28. The molecule has 0 atom stereocenters. The van der Waals surface area contributed by atoms with Crippen LogP contribution in [0.4, 0.5) is 0 Å². The molecule has 0 bridgehead atoms. The van der Waals surface area contributed by atoms with Gasteiger partial charge in [-0.05, 0) is 47.7 Å². The molecule has 104 valence electrons. The number of nitrogens with zero attached hydrogens (tertiary/aromatic N) is 1. The van der Waals surface area contributed by atoms with E-state index >= 15 is 0 Å². The van der Waals surface area contributed by atoms with E-state index < -0.39 is 0 Å². The summed E-state index contributed by atoms with van der Waals surface area (Å²) in [4.78, 5) is 4.13. The predicted molar refractivity (Wildman–Crippen MR) is 87.0 cm³/mol. The second-order valence-corrected chi connectivity index (χ2v) is 7.13. The maximum absolute atomic E-state index is 4.13. The van der Waals surface area contributed by atoms with Crippen molar-refractivity contribution in [2.75, 3.05) is 0 Å². The van der Waals surface area contributed by atoms with Crippen molar-refractivity contribution < 1.29 is 0 Å².